The molecule has 2 aliphatic rings. The number of likely N-dealkylation sites (tertiary alicyclic amines) is 1. The van der Waals surface area contributed by atoms with E-state index < -0.39 is 5.60 Å². The molecule has 1 aliphatic heterocycles. The molecule has 2 heteroatoms. The van der Waals surface area contributed by atoms with Crippen molar-refractivity contribution in [2.24, 2.45) is 17.8 Å². The molecule has 2 atom stereocenters. The van der Waals surface area contributed by atoms with Crippen LogP contribution in [-0.2, 0) is 0 Å². The molecular formula is C14H27NO. The van der Waals surface area contributed by atoms with Crippen LogP contribution in [0.4, 0.5) is 0 Å². The fourth-order valence-corrected chi connectivity index (χ4v) is 3.48. The SMILES string of the molecule is CC1CC(C)CC(N2CC(O)(C(C)C)C2)C1. The van der Waals surface area contributed by atoms with Gasteiger partial charge in [-0.25, -0.2) is 0 Å². The first kappa shape index (κ1) is 12.4. The Morgan fingerprint density at radius 2 is 1.56 bits per heavy atom. The van der Waals surface area contributed by atoms with Crippen molar-refractivity contribution in [3.05, 3.63) is 0 Å². The van der Waals surface area contributed by atoms with Gasteiger partial charge in [0.05, 0.1) is 5.60 Å². The van der Waals surface area contributed by atoms with Crippen molar-refractivity contribution in [2.45, 2.75) is 58.6 Å². The van der Waals surface area contributed by atoms with Gasteiger partial charge in [0, 0.05) is 19.1 Å². The molecule has 1 saturated carbocycles. The molecule has 2 fully saturated rings. The van der Waals surface area contributed by atoms with Gasteiger partial charge in [0.1, 0.15) is 0 Å². The van der Waals surface area contributed by atoms with Gasteiger partial charge in [-0.05, 0) is 37.0 Å². The van der Waals surface area contributed by atoms with Gasteiger partial charge in [-0.15, -0.1) is 0 Å². The lowest BCUT2D eigenvalue weighted by atomic mass is 9.75. The van der Waals surface area contributed by atoms with Crippen molar-refractivity contribution in [1.82, 2.24) is 4.90 Å². The smallest absolute Gasteiger partial charge is 0.0923 e. The molecule has 1 N–H and O–H groups in total. The lowest BCUT2D eigenvalue weighted by molar-refractivity contribution is -0.149. The van der Waals surface area contributed by atoms with Crippen LogP contribution < -0.4 is 0 Å². The van der Waals surface area contributed by atoms with Gasteiger partial charge >= 0.3 is 0 Å². The summed E-state index contributed by atoms with van der Waals surface area (Å²) in [5.41, 5.74) is -0.399. The van der Waals surface area contributed by atoms with Crippen LogP contribution in [0.5, 0.6) is 0 Å². The maximum atomic E-state index is 10.3. The van der Waals surface area contributed by atoms with Gasteiger partial charge in [-0.3, -0.25) is 4.90 Å². The van der Waals surface area contributed by atoms with E-state index in [0.29, 0.717) is 5.92 Å². The van der Waals surface area contributed by atoms with Crippen molar-refractivity contribution in [3.63, 3.8) is 0 Å². The number of nitrogens with zero attached hydrogens (tertiary/aromatic N) is 1. The fraction of sp³-hybridized carbons (Fsp3) is 1.00. The molecule has 94 valence electrons. The minimum absolute atomic E-state index is 0.391. The quantitative estimate of drug-likeness (QED) is 0.780. The van der Waals surface area contributed by atoms with E-state index in [-0.39, 0.29) is 0 Å². The van der Waals surface area contributed by atoms with Crippen LogP contribution in [0, 0.1) is 17.8 Å². The van der Waals surface area contributed by atoms with Crippen LogP contribution in [0.2, 0.25) is 0 Å². The van der Waals surface area contributed by atoms with Gasteiger partial charge in [0.15, 0.2) is 0 Å². The number of rotatable bonds is 2. The summed E-state index contributed by atoms with van der Waals surface area (Å²) in [6.07, 6.45) is 4.05. The Morgan fingerprint density at radius 1 is 1.06 bits per heavy atom. The van der Waals surface area contributed by atoms with E-state index in [1.54, 1.807) is 0 Å². The lowest BCUT2D eigenvalue weighted by Gasteiger charge is -2.54. The van der Waals surface area contributed by atoms with Crippen molar-refractivity contribution < 1.29 is 5.11 Å². The number of β-amino-alcohol motifs (C(OH)–C–C–N with tert-alkyl or cyclic N) is 1. The van der Waals surface area contributed by atoms with E-state index in [4.69, 9.17) is 0 Å². The van der Waals surface area contributed by atoms with Crippen LogP contribution in [0.25, 0.3) is 0 Å². The summed E-state index contributed by atoms with van der Waals surface area (Å²) in [6, 6.07) is 0.734. The maximum absolute atomic E-state index is 10.3. The molecule has 1 saturated heterocycles. The second kappa shape index (κ2) is 4.30. The summed E-state index contributed by atoms with van der Waals surface area (Å²) < 4.78 is 0. The first-order chi connectivity index (χ1) is 7.40. The molecule has 0 amide bonds. The second-order valence-electron chi connectivity index (χ2n) is 6.73. The Hall–Kier alpha value is -0.0800. The topological polar surface area (TPSA) is 23.5 Å². The monoisotopic (exact) mass is 225 g/mol. The number of hydrogen-bond acceptors (Lipinski definition) is 2. The summed E-state index contributed by atoms with van der Waals surface area (Å²) in [4.78, 5) is 2.51. The lowest BCUT2D eigenvalue weighted by Crippen LogP contribution is -2.67. The maximum Gasteiger partial charge on any atom is 0.0923 e. The fourth-order valence-electron chi connectivity index (χ4n) is 3.48. The highest BCUT2D eigenvalue weighted by atomic mass is 16.3. The van der Waals surface area contributed by atoms with Crippen LogP contribution in [0.3, 0.4) is 0 Å². The summed E-state index contributed by atoms with van der Waals surface area (Å²) in [5, 5.41) is 10.3. The molecule has 0 spiro atoms. The van der Waals surface area contributed by atoms with Crippen molar-refractivity contribution in [1.29, 1.82) is 0 Å². The normalized spacial score (nSPS) is 39.8. The zero-order valence-electron chi connectivity index (χ0n) is 11.2. The predicted octanol–water partition coefficient (Wildman–Crippen LogP) is 2.51. The molecule has 16 heavy (non-hydrogen) atoms. The minimum Gasteiger partial charge on any atom is -0.387 e. The molecule has 0 aromatic carbocycles. The molecule has 1 aliphatic carbocycles. The highest BCUT2D eigenvalue weighted by Gasteiger charge is 2.46. The molecular weight excluding hydrogens is 198 g/mol. The van der Waals surface area contributed by atoms with Gasteiger partial charge in [0.25, 0.3) is 0 Å². The van der Waals surface area contributed by atoms with Gasteiger partial charge in [0.2, 0.25) is 0 Å². The zero-order valence-corrected chi connectivity index (χ0v) is 11.2. The molecule has 2 rings (SSSR count). The van der Waals surface area contributed by atoms with Gasteiger partial charge in [-0.1, -0.05) is 27.7 Å². The Morgan fingerprint density at radius 3 is 2.00 bits per heavy atom. The molecule has 1 heterocycles. The average molecular weight is 225 g/mol. The molecule has 0 radical (unpaired) electrons. The van der Waals surface area contributed by atoms with Crippen molar-refractivity contribution in [3.8, 4) is 0 Å². The first-order valence-electron chi connectivity index (χ1n) is 6.87. The second-order valence-corrected chi connectivity index (χ2v) is 6.73. The van der Waals surface area contributed by atoms with Crippen LogP contribution >= 0.6 is 0 Å². The van der Waals surface area contributed by atoms with E-state index in [0.717, 1.165) is 31.0 Å². The molecule has 2 nitrogen and oxygen atoms in total. The van der Waals surface area contributed by atoms with E-state index in [9.17, 15) is 5.11 Å². The summed E-state index contributed by atoms with van der Waals surface area (Å²) in [6.45, 7) is 10.8. The largest absolute Gasteiger partial charge is 0.387 e. The summed E-state index contributed by atoms with van der Waals surface area (Å²) in [5.74, 6) is 2.12. The number of hydrogen-bond donors (Lipinski definition) is 1. The summed E-state index contributed by atoms with van der Waals surface area (Å²) in [7, 11) is 0. The average Bonchev–Trinajstić information content (AvgIpc) is 2.10. The zero-order chi connectivity index (χ0) is 11.9. The highest BCUT2D eigenvalue weighted by Crippen LogP contribution is 2.37. The standard InChI is InChI=1S/C14H27NO/c1-10(2)14(16)8-15(9-14)13-6-11(3)5-12(4)7-13/h10-13,16H,5-9H2,1-4H3. The van der Waals surface area contributed by atoms with Crippen LogP contribution in [0.15, 0.2) is 0 Å². The van der Waals surface area contributed by atoms with E-state index in [2.05, 4.69) is 32.6 Å². The third kappa shape index (κ3) is 2.28. The van der Waals surface area contributed by atoms with E-state index in [1.165, 1.54) is 19.3 Å². The molecule has 2 unspecified atom stereocenters. The van der Waals surface area contributed by atoms with Crippen LogP contribution in [0.1, 0.15) is 47.0 Å². The Kier molecular flexibility index (Phi) is 3.33. The predicted molar refractivity (Wildman–Crippen MR) is 67.3 cm³/mol. The Labute approximate surface area is 100 Å². The first-order valence-corrected chi connectivity index (χ1v) is 6.87. The van der Waals surface area contributed by atoms with Crippen molar-refractivity contribution in [2.75, 3.05) is 13.1 Å². The van der Waals surface area contributed by atoms with Gasteiger partial charge in [-0.2, -0.15) is 0 Å². The van der Waals surface area contributed by atoms with E-state index >= 15 is 0 Å². The Bertz CT molecular complexity index is 235. The molecule has 0 bridgehead atoms. The van der Waals surface area contributed by atoms with Crippen molar-refractivity contribution >= 4 is 0 Å². The Balaban J connectivity index is 1.87. The third-order valence-electron chi connectivity index (χ3n) is 4.70. The van der Waals surface area contributed by atoms with Crippen LogP contribution in [-0.4, -0.2) is 34.7 Å². The molecule has 0 aromatic rings. The summed E-state index contributed by atoms with van der Waals surface area (Å²) >= 11 is 0. The highest BCUT2D eigenvalue weighted by molar-refractivity contribution is 5.01. The van der Waals surface area contributed by atoms with Gasteiger partial charge < -0.3 is 5.11 Å². The van der Waals surface area contributed by atoms with E-state index in [1.807, 2.05) is 0 Å². The third-order valence-corrected chi connectivity index (χ3v) is 4.70. The minimum atomic E-state index is -0.399. The number of aliphatic hydroxyl groups is 1. The molecule has 0 aromatic heterocycles.